The van der Waals surface area contributed by atoms with Crippen LogP contribution in [-0.2, 0) is 14.9 Å². The molecule has 8 heteroatoms. The predicted octanol–water partition coefficient (Wildman–Crippen LogP) is 1.55. The molecular formula is C12H15BrN2O4S. The van der Waals surface area contributed by atoms with Crippen LogP contribution in [0.2, 0.25) is 0 Å². The fourth-order valence-electron chi connectivity index (χ4n) is 1.35. The van der Waals surface area contributed by atoms with Crippen LogP contribution >= 0.6 is 15.9 Å². The molecule has 1 N–H and O–H groups in total. The smallest absolute Gasteiger partial charge is 0.264 e. The van der Waals surface area contributed by atoms with Gasteiger partial charge in [0.25, 0.3) is 15.9 Å². The van der Waals surface area contributed by atoms with Crippen molar-refractivity contribution in [1.82, 2.24) is 9.79 Å². The number of hydrogen-bond acceptors (Lipinski definition) is 4. The Hall–Kier alpha value is -1.22. The fraction of sp³-hybridized carbons (Fsp3) is 0.250. The summed E-state index contributed by atoms with van der Waals surface area (Å²) >= 11 is 3.22. The molecule has 0 aromatic heterocycles. The van der Waals surface area contributed by atoms with E-state index in [2.05, 4.69) is 32.7 Å². The Labute approximate surface area is 126 Å². The van der Waals surface area contributed by atoms with E-state index in [0.717, 1.165) is 4.47 Å². The Kier molecular flexibility index (Phi) is 5.88. The van der Waals surface area contributed by atoms with Crippen molar-refractivity contribution in [3.63, 3.8) is 0 Å². The van der Waals surface area contributed by atoms with Crippen LogP contribution in [-0.4, -0.2) is 39.5 Å². The zero-order valence-corrected chi connectivity index (χ0v) is 13.5. The average molecular weight is 363 g/mol. The molecule has 110 valence electrons. The number of carbonyl (C=O) groups is 1. The van der Waals surface area contributed by atoms with E-state index in [0.29, 0.717) is 11.0 Å². The molecule has 1 aromatic rings. The van der Waals surface area contributed by atoms with Crippen molar-refractivity contribution in [2.45, 2.75) is 4.90 Å². The van der Waals surface area contributed by atoms with Gasteiger partial charge in [-0.3, -0.25) is 9.63 Å². The lowest BCUT2D eigenvalue weighted by atomic mass is 10.2. The number of carbonyl (C=O) groups excluding carboxylic acids is 1. The molecule has 0 atom stereocenters. The van der Waals surface area contributed by atoms with Crippen molar-refractivity contribution in [1.29, 1.82) is 0 Å². The van der Waals surface area contributed by atoms with E-state index in [9.17, 15) is 13.2 Å². The van der Waals surface area contributed by atoms with Gasteiger partial charge in [-0.25, -0.2) is 8.42 Å². The van der Waals surface area contributed by atoms with Gasteiger partial charge in [0, 0.05) is 18.1 Å². The van der Waals surface area contributed by atoms with Crippen molar-refractivity contribution in [3.8, 4) is 0 Å². The second-order valence-corrected chi connectivity index (χ2v) is 6.53. The lowest BCUT2D eigenvalue weighted by Crippen LogP contribution is -2.27. The summed E-state index contributed by atoms with van der Waals surface area (Å²) in [7, 11) is -1.28. The summed E-state index contributed by atoms with van der Waals surface area (Å²) < 4.78 is 25.4. The summed E-state index contributed by atoms with van der Waals surface area (Å²) in [5.41, 5.74) is 0.220. The number of benzene rings is 1. The van der Waals surface area contributed by atoms with Crippen molar-refractivity contribution < 1.29 is 18.0 Å². The van der Waals surface area contributed by atoms with E-state index >= 15 is 0 Å². The molecule has 0 heterocycles. The number of rotatable bonds is 6. The maximum atomic E-state index is 12.1. The Morgan fingerprint density at radius 3 is 2.75 bits per heavy atom. The van der Waals surface area contributed by atoms with Gasteiger partial charge in [-0.05, 0) is 34.1 Å². The molecule has 20 heavy (non-hydrogen) atoms. The molecule has 0 aliphatic carbocycles. The van der Waals surface area contributed by atoms with E-state index in [1.807, 2.05) is 0 Å². The van der Waals surface area contributed by atoms with Gasteiger partial charge < -0.3 is 5.32 Å². The first-order valence-electron chi connectivity index (χ1n) is 5.56. The molecule has 0 aliphatic rings. The van der Waals surface area contributed by atoms with E-state index < -0.39 is 15.9 Å². The Balaban J connectivity index is 3.21. The van der Waals surface area contributed by atoms with E-state index in [1.165, 1.54) is 38.4 Å². The van der Waals surface area contributed by atoms with Crippen molar-refractivity contribution >= 4 is 31.9 Å². The SMILES string of the molecule is C=CCNC(=O)c1cc(S(=O)(=O)N(C)OC)ccc1Br. The second kappa shape index (κ2) is 6.98. The predicted molar refractivity (Wildman–Crippen MR) is 78.6 cm³/mol. The minimum atomic E-state index is -3.79. The molecule has 0 bridgehead atoms. The molecule has 0 fully saturated rings. The Morgan fingerprint density at radius 2 is 2.20 bits per heavy atom. The molecule has 0 unspecified atom stereocenters. The standard InChI is InChI=1S/C12H15BrN2O4S/c1-4-7-14-12(16)10-8-9(5-6-11(10)13)20(17,18)15(2)19-3/h4-6,8H,1,7H2,2-3H3,(H,14,16). The molecule has 1 aromatic carbocycles. The summed E-state index contributed by atoms with van der Waals surface area (Å²) in [5, 5.41) is 2.58. The van der Waals surface area contributed by atoms with Gasteiger partial charge in [-0.15, -0.1) is 6.58 Å². The van der Waals surface area contributed by atoms with E-state index in [-0.39, 0.29) is 10.5 Å². The molecule has 0 saturated carbocycles. The maximum absolute atomic E-state index is 12.1. The van der Waals surface area contributed by atoms with Crippen LogP contribution in [0.15, 0.2) is 40.2 Å². The number of halogens is 1. The number of nitrogens with zero attached hydrogens (tertiary/aromatic N) is 1. The quantitative estimate of drug-likeness (QED) is 0.615. The highest BCUT2D eigenvalue weighted by Crippen LogP contribution is 2.23. The largest absolute Gasteiger partial charge is 0.349 e. The lowest BCUT2D eigenvalue weighted by Gasteiger charge is -2.15. The van der Waals surface area contributed by atoms with Crippen molar-refractivity contribution in [2.24, 2.45) is 0 Å². The lowest BCUT2D eigenvalue weighted by molar-refractivity contribution is -0.0258. The van der Waals surface area contributed by atoms with Gasteiger partial charge in [0.2, 0.25) is 0 Å². The minimum absolute atomic E-state index is 0.0335. The van der Waals surface area contributed by atoms with Crippen LogP contribution in [0.1, 0.15) is 10.4 Å². The van der Waals surface area contributed by atoms with Gasteiger partial charge >= 0.3 is 0 Å². The van der Waals surface area contributed by atoms with Gasteiger partial charge in [0.05, 0.1) is 17.6 Å². The highest BCUT2D eigenvalue weighted by molar-refractivity contribution is 9.10. The topological polar surface area (TPSA) is 75.7 Å². The molecule has 0 aliphatic heterocycles. The first kappa shape index (κ1) is 16.8. The van der Waals surface area contributed by atoms with E-state index in [1.54, 1.807) is 0 Å². The van der Waals surface area contributed by atoms with Crippen molar-refractivity contribution in [2.75, 3.05) is 20.7 Å². The fourth-order valence-corrected chi connectivity index (χ4v) is 2.77. The Morgan fingerprint density at radius 1 is 1.55 bits per heavy atom. The van der Waals surface area contributed by atoms with Crippen LogP contribution in [0.5, 0.6) is 0 Å². The summed E-state index contributed by atoms with van der Waals surface area (Å²) in [6, 6.07) is 4.17. The van der Waals surface area contributed by atoms with Crippen LogP contribution in [0.3, 0.4) is 0 Å². The molecule has 0 spiro atoms. The average Bonchev–Trinajstić information content (AvgIpc) is 2.43. The van der Waals surface area contributed by atoms with Crippen LogP contribution in [0.4, 0.5) is 0 Å². The zero-order valence-electron chi connectivity index (χ0n) is 11.1. The van der Waals surface area contributed by atoms with Crippen LogP contribution < -0.4 is 5.32 Å². The maximum Gasteiger partial charge on any atom is 0.264 e. The van der Waals surface area contributed by atoms with Gasteiger partial charge in [0.15, 0.2) is 0 Å². The Bertz CT molecular complexity index is 616. The van der Waals surface area contributed by atoms with E-state index in [4.69, 9.17) is 0 Å². The number of hydrogen-bond donors (Lipinski definition) is 1. The molecule has 0 saturated heterocycles. The summed E-state index contributed by atoms with van der Waals surface area (Å²) in [4.78, 5) is 16.6. The van der Waals surface area contributed by atoms with Gasteiger partial charge in [-0.1, -0.05) is 10.5 Å². The first-order chi connectivity index (χ1) is 9.34. The minimum Gasteiger partial charge on any atom is -0.349 e. The number of nitrogens with one attached hydrogen (secondary N) is 1. The number of amides is 1. The van der Waals surface area contributed by atoms with Crippen LogP contribution in [0.25, 0.3) is 0 Å². The third-order valence-corrected chi connectivity index (χ3v) is 4.85. The molecule has 1 rings (SSSR count). The normalized spacial score (nSPS) is 11.4. The molecule has 1 amide bonds. The highest BCUT2D eigenvalue weighted by atomic mass is 79.9. The summed E-state index contributed by atoms with van der Waals surface area (Å²) in [6.45, 7) is 3.79. The number of hydroxylamine groups is 1. The third-order valence-electron chi connectivity index (χ3n) is 2.48. The highest BCUT2D eigenvalue weighted by Gasteiger charge is 2.23. The second-order valence-electron chi connectivity index (χ2n) is 3.74. The zero-order chi connectivity index (χ0) is 15.3. The van der Waals surface area contributed by atoms with Gasteiger partial charge in [-0.2, -0.15) is 0 Å². The summed E-state index contributed by atoms with van der Waals surface area (Å²) in [5.74, 6) is -0.395. The van der Waals surface area contributed by atoms with Crippen molar-refractivity contribution in [3.05, 3.63) is 40.9 Å². The molecule has 6 nitrogen and oxygen atoms in total. The molecular weight excluding hydrogens is 348 g/mol. The van der Waals surface area contributed by atoms with Crippen LogP contribution in [0, 0.1) is 0 Å². The molecule has 0 radical (unpaired) electrons. The van der Waals surface area contributed by atoms with Gasteiger partial charge in [0.1, 0.15) is 0 Å². The number of sulfonamides is 1. The summed E-state index contributed by atoms with van der Waals surface area (Å²) in [6.07, 6.45) is 1.53. The first-order valence-corrected chi connectivity index (χ1v) is 7.79. The third kappa shape index (κ3) is 3.66. The monoisotopic (exact) mass is 362 g/mol.